The van der Waals surface area contributed by atoms with Gasteiger partial charge in [0.2, 0.25) is 0 Å². The summed E-state index contributed by atoms with van der Waals surface area (Å²) in [5, 5.41) is 0.619. The molecule has 0 bridgehead atoms. The number of fused-ring (bicyclic) bond motifs is 1. The number of aromatic nitrogens is 1. The average molecular weight is 354 g/mol. The van der Waals surface area contributed by atoms with Crippen LogP contribution < -0.4 is 5.56 Å². The Morgan fingerprint density at radius 3 is 2.52 bits per heavy atom. The maximum Gasteiger partial charge on any atom is 0.406 e. The zero-order valence-electron chi connectivity index (χ0n) is 13.6. The number of amides is 1. The monoisotopic (exact) mass is 354 g/mol. The molecule has 1 aromatic heterocycles. The molecule has 1 aromatic carbocycles. The highest BCUT2D eigenvalue weighted by molar-refractivity contribution is 5.97. The lowest BCUT2D eigenvalue weighted by Crippen LogP contribution is -2.43. The van der Waals surface area contributed by atoms with Crippen LogP contribution in [0.15, 0.2) is 29.1 Å². The van der Waals surface area contributed by atoms with Gasteiger partial charge < -0.3 is 9.64 Å². The van der Waals surface area contributed by atoms with Crippen LogP contribution in [-0.2, 0) is 11.3 Å². The minimum Gasteiger partial charge on any atom is -0.378 e. The Labute approximate surface area is 141 Å². The van der Waals surface area contributed by atoms with Crippen molar-refractivity contribution in [3.63, 3.8) is 0 Å². The van der Waals surface area contributed by atoms with E-state index in [4.69, 9.17) is 4.74 Å². The van der Waals surface area contributed by atoms with Gasteiger partial charge in [-0.1, -0.05) is 17.7 Å². The molecule has 0 aliphatic carbocycles. The first-order chi connectivity index (χ1) is 11.8. The highest BCUT2D eigenvalue weighted by Gasteiger charge is 2.32. The van der Waals surface area contributed by atoms with E-state index in [9.17, 15) is 22.8 Å². The second kappa shape index (κ2) is 6.51. The minimum atomic E-state index is -4.61. The predicted molar refractivity (Wildman–Crippen MR) is 85.7 cm³/mol. The van der Waals surface area contributed by atoms with E-state index in [1.54, 1.807) is 19.1 Å². The number of carbonyl (C=O) groups is 1. The molecule has 0 unspecified atom stereocenters. The smallest absolute Gasteiger partial charge is 0.378 e. The van der Waals surface area contributed by atoms with Crippen molar-refractivity contribution in [1.29, 1.82) is 0 Å². The first kappa shape index (κ1) is 17.5. The van der Waals surface area contributed by atoms with Crippen LogP contribution in [0.4, 0.5) is 13.2 Å². The van der Waals surface area contributed by atoms with Gasteiger partial charge in [-0.3, -0.25) is 14.2 Å². The zero-order chi connectivity index (χ0) is 18.2. The lowest BCUT2D eigenvalue weighted by Gasteiger charge is -2.28. The molecule has 3 rings (SSSR count). The van der Waals surface area contributed by atoms with Crippen molar-refractivity contribution >= 4 is 16.7 Å². The summed E-state index contributed by atoms with van der Waals surface area (Å²) < 4.78 is 44.6. The quantitative estimate of drug-likeness (QED) is 0.832. The molecule has 1 aliphatic heterocycles. The summed E-state index contributed by atoms with van der Waals surface area (Å²) in [6.07, 6.45) is -4.61. The number of rotatable bonds is 2. The van der Waals surface area contributed by atoms with E-state index in [0.717, 1.165) is 5.56 Å². The SMILES string of the molecule is Cc1ccc2cc(C(=O)N3CCOCC3)n(CC(F)(F)F)c(=O)c2c1. The molecule has 5 nitrogen and oxygen atoms in total. The number of pyridine rings is 1. The number of aryl methyl sites for hydroxylation is 1. The van der Waals surface area contributed by atoms with Crippen LogP contribution in [0.1, 0.15) is 16.1 Å². The summed E-state index contributed by atoms with van der Waals surface area (Å²) in [5.74, 6) is -0.591. The molecule has 2 aromatic rings. The Hall–Kier alpha value is -2.35. The van der Waals surface area contributed by atoms with Gasteiger partial charge in [-0.05, 0) is 24.4 Å². The van der Waals surface area contributed by atoms with E-state index >= 15 is 0 Å². The third kappa shape index (κ3) is 3.68. The number of alkyl halides is 3. The molecule has 25 heavy (non-hydrogen) atoms. The Morgan fingerprint density at radius 2 is 1.88 bits per heavy atom. The van der Waals surface area contributed by atoms with E-state index in [2.05, 4.69) is 0 Å². The van der Waals surface area contributed by atoms with Crippen molar-refractivity contribution in [3.8, 4) is 0 Å². The first-order valence-electron chi connectivity index (χ1n) is 7.84. The van der Waals surface area contributed by atoms with Crippen molar-refractivity contribution in [2.24, 2.45) is 0 Å². The minimum absolute atomic E-state index is 0.169. The summed E-state index contributed by atoms with van der Waals surface area (Å²) in [4.78, 5) is 26.8. The number of morpholine rings is 1. The van der Waals surface area contributed by atoms with Crippen molar-refractivity contribution in [2.45, 2.75) is 19.6 Å². The van der Waals surface area contributed by atoms with Gasteiger partial charge in [0.1, 0.15) is 12.2 Å². The maximum absolute atomic E-state index is 13.0. The van der Waals surface area contributed by atoms with E-state index in [1.165, 1.54) is 17.0 Å². The molecular weight excluding hydrogens is 337 g/mol. The largest absolute Gasteiger partial charge is 0.406 e. The second-order valence-electron chi connectivity index (χ2n) is 6.03. The van der Waals surface area contributed by atoms with Crippen LogP contribution in [0.25, 0.3) is 10.8 Å². The molecule has 2 heterocycles. The molecule has 8 heteroatoms. The summed E-state index contributed by atoms with van der Waals surface area (Å²) in [6.45, 7) is 1.46. The van der Waals surface area contributed by atoms with Crippen LogP contribution in [-0.4, -0.2) is 47.9 Å². The molecule has 1 amide bonds. The van der Waals surface area contributed by atoms with Crippen molar-refractivity contribution in [1.82, 2.24) is 9.47 Å². The van der Waals surface area contributed by atoms with Crippen molar-refractivity contribution in [3.05, 3.63) is 45.9 Å². The standard InChI is InChI=1S/C17H17F3N2O3/c1-11-2-3-12-9-14(16(24)21-4-6-25-7-5-21)22(10-17(18,19)20)15(23)13(12)8-11/h2-3,8-9H,4-7,10H2,1H3. The highest BCUT2D eigenvalue weighted by Crippen LogP contribution is 2.21. The number of ether oxygens (including phenoxy) is 1. The van der Waals surface area contributed by atoms with Gasteiger partial charge in [0.15, 0.2) is 0 Å². The fourth-order valence-electron chi connectivity index (χ4n) is 2.90. The van der Waals surface area contributed by atoms with Gasteiger partial charge in [0, 0.05) is 18.5 Å². The Bertz CT molecular complexity index is 868. The summed E-state index contributed by atoms with van der Waals surface area (Å²) in [5.41, 5.74) is -0.300. The molecule has 0 N–H and O–H groups in total. The summed E-state index contributed by atoms with van der Waals surface area (Å²) in [6, 6.07) is 6.28. The van der Waals surface area contributed by atoms with Gasteiger partial charge >= 0.3 is 6.18 Å². The summed E-state index contributed by atoms with van der Waals surface area (Å²) in [7, 11) is 0. The van der Waals surface area contributed by atoms with Crippen LogP contribution in [0.2, 0.25) is 0 Å². The number of hydrogen-bond acceptors (Lipinski definition) is 3. The fourth-order valence-corrected chi connectivity index (χ4v) is 2.90. The Morgan fingerprint density at radius 1 is 1.20 bits per heavy atom. The Balaban J connectivity index is 2.17. The number of halogens is 3. The molecule has 1 fully saturated rings. The van der Waals surface area contributed by atoms with Gasteiger partial charge in [-0.2, -0.15) is 13.2 Å². The van der Waals surface area contributed by atoms with Crippen LogP contribution >= 0.6 is 0 Å². The van der Waals surface area contributed by atoms with Gasteiger partial charge in [0.25, 0.3) is 11.5 Å². The Kier molecular flexibility index (Phi) is 4.55. The van der Waals surface area contributed by atoms with Crippen LogP contribution in [0.5, 0.6) is 0 Å². The molecule has 134 valence electrons. The number of nitrogens with zero attached hydrogens (tertiary/aromatic N) is 2. The van der Waals surface area contributed by atoms with E-state index < -0.39 is 24.2 Å². The molecule has 1 aliphatic rings. The van der Waals surface area contributed by atoms with Crippen LogP contribution in [0, 0.1) is 6.92 Å². The molecule has 0 spiro atoms. The topological polar surface area (TPSA) is 51.5 Å². The highest BCUT2D eigenvalue weighted by atomic mass is 19.4. The van der Waals surface area contributed by atoms with Crippen molar-refractivity contribution in [2.75, 3.05) is 26.3 Å². The van der Waals surface area contributed by atoms with Gasteiger partial charge in [0.05, 0.1) is 13.2 Å². The van der Waals surface area contributed by atoms with Gasteiger partial charge in [-0.25, -0.2) is 0 Å². The molecule has 0 radical (unpaired) electrons. The van der Waals surface area contributed by atoms with E-state index in [-0.39, 0.29) is 24.2 Å². The average Bonchev–Trinajstić information content (AvgIpc) is 2.57. The normalized spacial score (nSPS) is 15.6. The van der Waals surface area contributed by atoms with Gasteiger partial charge in [-0.15, -0.1) is 0 Å². The zero-order valence-corrected chi connectivity index (χ0v) is 13.6. The fraction of sp³-hybridized carbons (Fsp3) is 0.412. The van der Waals surface area contributed by atoms with E-state index in [0.29, 0.717) is 23.2 Å². The molecule has 1 saturated heterocycles. The molecule has 0 saturated carbocycles. The first-order valence-corrected chi connectivity index (χ1v) is 7.84. The lowest BCUT2D eigenvalue weighted by atomic mass is 10.1. The molecule has 0 atom stereocenters. The maximum atomic E-state index is 13.0. The third-order valence-corrected chi connectivity index (χ3v) is 4.12. The number of benzene rings is 1. The number of carbonyl (C=O) groups excluding carboxylic acids is 1. The molecular formula is C17H17F3N2O3. The van der Waals surface area contributed by atoms with Crippen molar-refractivity contribution < 1.29 is 22.7 Å². The van der Waals surface area contributed by atoms with Crippen LogP contribution in [0.3, 0.4) is 0 Å². The number of hydrogen-bond donors (Lipinski definition) is 0. The third-order valence-electron chi connectivity index (χ3n) is 4.12. The second-order valence-corrected chi connectivity index (χ2v) is 6.03. The van der Waals surface area contributed by atoms with E-state index in [1.807, 2.05) is 0 Å². The summed E-state index contributed by atoms with van der Waals surface area (Å²) >= 11 is 0. The lowest BCUT2D eigenvalue weighted by molar-refractivity contribution is -0.141. The predicted octanol–water partition coefficient (Wildman–Crippen LogP) is 2.34.